The Kier molecular flexibility index (Phi) is 3.03. The van der Waals surface area contributed by atoms with Crippen LogP contribution in [0.1, 0.15) is 44.6 Å². The highest BCUT2D eigenvalue weighted by molar-refractivity contribution is 5.62. The van der Waals surface area contributed by atoms with E-state index in [1.807, 2.05) is 19.2 Å². The molecular weight excluding hydrogens is 198 g/mol. The first kappa shape index (κ1) is 11.2. The molecule has 88 valence electrons. The highest BCUT2D eigenvalue weighted by atomic mass is 15.1. The highest BCUT2D eigenvalue weighted by Gasteiger charge is 2.27. The van der Waals surface area contributed by atoms with Crippen LogP contribution >= 0.6 is 0 Å². The van der Waals surface area contributed by atoms with E-state index in [1.54, 1.807) is 0 Å². The van der Waals surface area contributed by atoms with Crippen LogP contribution in [0.3, 0.4) is 0 Å². The third kappa shape index (κ3) is 2.46. The van der Waals surface area contributed by atoms with Crippen LogP contribution in [-0.2, 0) is 0 Å². The van der Waals surface area contributed by atoms with Gasteiger partial charge in [-0.25, -0.2) is 4.98 Å². The van der Waals surface area contributed by atoms with Crippen molar-refractivity contribution in [1.82, 2.24) is 4.98 Å². The summed E-state index contributed by atoms with van der Waals surface area (Å²) in [6.45, 7) is 4.28. The number of nitrogens with zero attached hydrogens (tertiary/aromatic N) is 1. The summed E-state index contributed by atoms with van der Waals surface area (Å²) in [7, 11) is 0. The third-order valence-electron chi connectivity index (χ3n) is 3.43. The fourth-order valence-electron chi connectivity index (χ4n) is 2.44. The Balaban J connectivity index is 2.13. The predicted molar refractivity (Wildman–Crippen MR) is 68.5 cm³/mol. The minimum Gasteiger partial charge on any atom is -0.396 e. The highest BCUT2D eigenvalue weighted by Crippen LogP contribution is 2.32. The molecule has 16 heavy (non-hydrogen) atoms. The normalized spacial score (nSPS) is 19.4. The summed E-state index contributed by atoms with van der Waals surface area (Å²) in [4.78, 5) is 4.38. The third-order valence-corrected chi connectivity index (χ3v) is 3.43. The SMILES string of the molecule is Cc1cnc(NC2(C)CCCCC2)c(N)c1. The van der Waals surface area contributed by atoms with Crippen molar-refractivity contribution in [1.29, 1.82) is 0 Å². The van der Waals surface area contributed by atoms with E-state index in [0.29, 0.717) is 0 Å². The fourth-order valence-corrected chi connectivity index (χ4v) is 2.44. The molecule has 3 heteroatoms. The monoisotopic (exact) mass is 219 g/mol. The van der Waals surface area contributed by atoms with Crippen molar-refractivity contribution >= 4 is 11.5 Å². The first-order chi connectivity index (χ1) is 7.59. The summed E-state index contributed by atoms with van der Waals surface area (Å²) < 4.78 is 0. The van der Waals surface area contributed by atoms with Gasteiger partial charge >= 0.3 is 0 Å². The second-order valence-corrected chi connectivity index (χ2v) is 5.20. The van der Waals surface area contributed by atoms with Gasteiger partial charge in [-0.2, -0.15) is 0 Å². The van der Waals surface area contributed by atoms with Crippen molar-refractivity contribution in [2.24, 2.45) is 0 Å². The van der Waals surface area contributed by atoms with E-state index in [9.17, 15) is 0 Å². The molecule has 3 N–H and O–H groups in total. The van der Waals surface area contributed by atoms with Crippen LogP contribution in [0.25, 0.3) is 0 Å². The van der Waals surface area contributed by atoms with Crippen molar-refractivity contribution in [3.05, 3.63) is 17.8 Å². The van der Waals surface area contributed by atoms with Crippen molar-refractivity contribution in [3.8, 4) is 0 Å². The lowest BCUT2D eigenvalue weighted by atomic mass is 9.83. The maximum atomic E-state index is 5.97. The van der Waals surface area contributed by atoms with E-state index in [-0.39, 0.29) is 5.54 Å². The number of rotatable bonds is 2. The lowest BCUT2D eigenvalue weighted by molar-refractivity contribution is 0.348. The molecule has 1 heterocycles. The van der Waals surface area contributed by atoms with E-state index in [2.05, 4.69) is 17.2 Å². The largest absolute Gasteiger partial charge is 0.396 e. The summed E-state index contributed by atoms with van der Waals surface area (Å²) in [6, 6.07) is 1.97. The molecule has 1 fully saturated rings. The van der Waals surface area contributed by atoms with Crippen molar-refractivity contribution in [3.63, 3.8) is 0 Å². The van der Waals surface area contributed by atoms with Gasteiger partial charge in [-0.3, -0.25) is 0 Å². The standard InChI is InChI=1S/C13H21N3/c1-10-8-11(14)12(15-9-10)16-13(2)6-4-3-5-7-13/h8-9H,3-7,14H2,1-2H3,(H,15,16). The molecule has 0 aromatic carbocycles. The van der Waals surface area contributed by atoms with Crippen molar-refractivity contribution in [2.45, 2.75) is 51.5 Å². The van der Waals surface area contributed by atoms with Gasteiger partial charge in [-0.15, -0.1) is 0 Å². The molecule has 0 spiro atoms. The maximum Gasteiger partial charge on any atom is 0.149 e. The zero-order valence-corrected chi connectivity index (χ0v) is 10.2. The Bertz CT molecular complexity index is 367. The molecule has 2 rings (SSSR count). The summed E-state index contributed by atoms with van der Waals surface area (Å²) in [6.07, 6.45) is 8.24. The lowest BCUT2D eigenvalue weighted by Crippen LogP contribution is -2.37. The maximum absolute atomic E-state index is 5.97. The van der Waals surface area contributed by atoms with Gasteiger partial charge in [0.05, 0.1) is 5.69 Å². The second-order valence-electron chi connectivity index (χ2n) is 5.20. The van der Waals surface area contributed by atoms with Crippen LogP contribution in [0, 0.1) is 6.92 Å². The van der Waals surface area contributed by atoms with Gasteiger partial charge in [0.2, 0.25) is 0 Å². The number of hydrogen-bond donors (Lipinski definition) is 2. The number of nitrogens with two attached hydrogens (primary N) is 1. The molecule has 0 radical (unpaired) electrons. The first-order valence-corrected chi connectivity index (χ1v) is 6.09. The number of pyridine rings is 1. The molecule has 0 atom stereocenters. The van der Waals surface area contributed by atoms with Crippen molar-refractivity contribution < 1.29 is 0 Å². The van der Waals surface area contributed by atoms with Gasteiger partial charge < -0.3 is 11.1 Å². The zero-order chi connectivity index (χ0) is 11.6. The molecule has 1 aromatic rings. The summed E-state index contributed by atoms with van der Waals surface area (Å²) in [5.74, 6) is 0.843. The van der Waals surface area contributed by atoms with E-state index < -0.39 is 0 Å². The van der Waals surface area contributed by atoms with E-state index in [1.165, 1.54) is 32.1 Å². The zero-order valence-electron chi connectivity index (χ0n) is 10.2. The van der Waals surface area contributed by atoms with Crippen LogP contribution in [-0.4, -0.2) is 10.5 Å². The van der Waals surface area contributed by atoms with Crippen LogP contribution in [0.4, 0.5) is 11.5 Å². The summed E-state index contributed by atoms with van der Waals surface area (Å²) in [5.41, 5.74) is 8.01. The van der Waals surface area contributed by atoms with E-state index in [4.69, 9.17) is 5.73 Å². The van der Waals surface area contributed by atoms with Gasteiger partial charge in [-0.05, 0) is 38.3 Å². The van der Waals surface area contributed by atoms with Gasteiger partial charge in [0, 0.05) is 11.7 Å². The summed E-state index contributed by atoms with van der Waals surface area (Å²) >= 11 is 0. The molecule has 3 nitrogen and oxygen atoms in total. The topological polar surface area (TPSA) is 50.9 Å². The quantitative estimate of drug-likeness (QED) is 0.803. The average Bonchev–Trinajstić information content (AvgIpc) is 2.23. The number of nitrogen functional groups attached to an aromatic ring is 1. The van der Waals surface area contributed by atoms with Gasteiger partial charge in [0.25, 0.3) is 0 Å². The van der Waals surface area contributed by atoms with E-state index >= 15 is 0 Å². The van der Waals surface area contributed by atoms with Gasteiger partial charge in [0.1, 0.15) is 5.82 Å². The van der Waals surface area contributed by atoms with Gasteiger partial charge in [0.15, 0.2) is 0 Å². The van der Waals surface area contributed by atoms with Crippen LogP contribution < -0.4 is 11.1 Å². The molecule has 1 aliphatic rings. The Morgan fingerprint density at radius 1 is 1.31 bits per heavy atom. The lowest BCUT2D eigenvalue weighted by Gasteiger charge is -2.35. The van der Waals surface area contributed by atoms with Crippen molar-refractivity contribution in [2.75, 3.05) is 11.1 Å². The molecule has 1 aromatic heterocycles. The van der Waals surface area contributed by atoms with E-state index in [0.717, 1.165) is 17.1 Å². The number of nitrogens with one attached hydrogen (secondary N) is 1. The minimum atomic E-state index is 0.175. The number of aromatic nitrogens is 1. The fraction of sp³-hybridized carbons (Fsp3) is 0.615. The Morgan fingerprint density at radius 3 is 2.62 bits per heavy atom. The Morgan fingerprint density at radius 2 is 2.00 bits per heavy atom. The summed E-state index contributed by atoms with van der Waals surface area (Å²) in [5, 5.41) is 3.52. The van der Waals surface area contributed by atoms with Crippen LogP contribution in [0.5, 0.6) is 0 Å². The molecule has 1 saturated carbocycles. The Labute approximate surface area is 97.5 Å². The minimum absolute atomic E-state index is 0.175. The molecule has 0 unspecified atom stereocenters. The molecule has 0 bridgehead atoms. The molecule has 1 aliphatic carbocycles. The average molecular weight is 219 g/mol. The number of anilines is 2. The second kappa shape index (κ2) is 4.32. The Hall–Kier alpha value is -1.25. The molecule has 0 saturated heterocycles. The first-order valence-electron chi connectivity index (χ1n) is 6.09. The van der Waals surface area contributed by atoms with Crippen LogP contribution in [0.2, 0.25) is 0 Å². The number of aryl methyl sites for hydroxylation is 1. The predicted octanol–water partition coefficient (Wildman–Crippen LogP) is 3.11. The number of hydrogen-bond acceptors (Lipinski definition) is 3. The molecular formula is C13H21N3. The molecule has 0 aliphatic heterocycles. The van der Waals surface area contributed by atoms with Crippen LogP contribution in [0.15, 0.2) is 12.3 Å². The smallest absolute Gasteiger partial charge is 0.149 e. The molecule has 0 amide bonds. The van der Waals surface area contributed by atoms with Gasteiger partial charge in [-0.1, -0.05) is 19.3 Å².